The van der Waals surface area contributed by atoms with E-state index < -0.39 is 5.41 Å². The van der Waals surface area contributed by atoms with Crippen LogP contribution in [0, 0.1) is 8.99 Å². The Morgan fingerprint density at radius 3 is 2.29 bits per heavy atom. The van der Waals surface area contributed by atoms with Crippen molar-refractivity contribution in [2.45, 2.75) is 27.7 Å². The first-order valence-corrected chi connectivity index (χ1v) is 6.41. The Labute approximate surface area is 115 Å². The van der Waals surface area contributed by atoms with E-state index in [1.54, 1.807) is 12.1 Å². The Bertz CT molecular complexity index is 461. The zero-order valence-electron chi connectivity index (χ0n) is 10.4. The second-order valence-corrected chi connectivity index (χ2v) is 6.20. The maximum atomic E-state index is 11.9. The number of benzene rings is 1. The predicted octanol–water partition coefficient (Wildman–Crippen LogP) is 3.48. The Hall–Kier alpha value is -0.910. The van der Waals surface area contributed by atoms with Gasteiger partial charge in [0.2, 0.25) is 5.91 Å². The van der Waals surface area contributed by atoms with Crippen molar-refractivity contribution in [3.8, 4) is 0 Å². The van der Waals surface area contributed by atoms with Crippen LogP contribution in [0.15, 0.2) is 18.2 Å². The molecule has 0 aliphatic rings. The van der Waals surface area contributed by atoms with Crippen LogP contribution in [-0.2, 0) is 4.79 Å². The number of ketones is 1. The highest BCUT2D eigenvalue weighted by molar-refractivity contribution is 14.1. The van der Waals surface area contributed by atoms with Crippen molar-refractivity contribution in [2.75, 3.05) is 5.32 Å². The monoisotopic (exact) mass is 345 g/mol. The SMILES string of the molecule is CC(=O)c1cc(I)ccc1NC(=O)C(C)(C)C. The summed E-state index contributed by atoms with van der Waals surface area (Å²) in [5.41, 5.74) is 0.657. The zero-order chi connectivity index (χ0) is 13.2. The third-order valence-corrected chi connectivity index (χ3v) is 2.96. The van der Waals surface area contributed by atoms with Gasteiger partial charge in [0, 0.05) is 14.5 Å². The van der Waals surface area contributed by atoms with Crippen LogP contribution in [0.5, 0.6) is 0 Å². The molecular formula is C13H16INO2. The maximum absolute atomic E-state index is 11.9. The number of amides is 1. The zero-order valence-corrected chi connectivity index (χ0v) is 12.6. The number of halogens is 1. The first-order valence-electron chi connectivity index (χ1n) is 5.34. The van der Waals surface area contributed by atoms with Gasteiger partial charge in [-0.1, -0.05) is 20.8 Å². The van der Waals surface area contributed by atoms with Crippen molar-refractivity contribution in [1.29, 1.82) is 0 Å². The van der Waals surface area contributed by atoms with Gasteiger partial charge in [-0.3, -0.25) is 9.59 Å². The minimum atomic E-state index is -0.475. The summed E-state index contributed by atoms with van der Waals surface area (Å²) in [7, 11) is 0. The fraction of sp³-hybridized carbons (Fsp3) is 0.385. The van der Waals surface area contributed by atoms with Gasteiger partial charge in [-0.25, -0.2) is 0 Å². The quantitative estimate of drug-likeness (QED) is 0.659. The number of carbonyl (C=O) groups excluding carboxylic acids is 2. The van der Waals surface area contributed by atoms with Crippen molar-refractivity contribution in [2.24, 2.45) is 5.41 Å². The Kier molecular flexibility index (Phi) is 4.30. The highest BCUT2D eigenvalue weighted by Crippen LogP contribution is 2.22. The van der Waals surface area contributed by atoms with E-state index in [1.165, 1.54) is 6.92 Å². The predicted molar refractivity (Wildman–Crippen MR) is 77.2 cm³/mol. The summed E-state index contributed by atoms with van der Waals surface area (Å²) in [5, 5.41) is 2.80. The van der Waals surface area contributed by atoms with Crippen LogP contribution < -0.4 is 5.32 Å². The fourth-order valence-corrected chi connectivity index (χ4v) is 1.72. The summed E-state index contributed by atoms with van der Waals surface area (Å²) in [6.07, 6.45) is 0. The van der Waals surface area contributed by atoms with Gasteiger partial charge in [0.05, 0.1) is 5.69 Å². The average molecular weight is 345 g/mol. The average Bonchev–Trinajstić information content (AvgIpc) is 2.18. The lowest BCUT2D eigenvalue weighted by molar-refractivity contribution is -0.123. The minimum Gasteiger partial charge on any atom is -0.325 e. The van der Waals surface area contributed by atoms with Crippen molar-refractivity contribution < 1.29 is 9.59 Å². The van der Waals surface area contributed by atoms with Gasteiger partial charge in [0.25, 0.3) is 0 Å². The summed E-state index contributed by atoms with van der Waals surface area (Å²) in [6.45, 7) is 7.01. The van der Waals surface area contributed by atoms with Crippen LogP contribution in [0.1, 0.15) is 38.1 Å². The lowest BCUT2D eigenvalue weighted by atomic mass is 9.95. The molecule has 1 rings (SSSR count). The van der Waals surface area contributed by atoms with E-state index in [1.807, 2.05) is 26.8 Å². The third kappa shape index (κ3) is 3.80. The number of rotatable bonds is 2. The molecule has 3 nitrogen and oxygen atoms in total. The first-order chi connectivity index (χ1) is 7.71. The molecule has 17 heavy (non-hydrogen) atoms. The van der Waals surface area contributed by atoms with Crippen LogP contribution in [0.3, 0.4) is 0 Å². The molecule has 0 radical (unpaired) electrons. The number of hydrogen-bond donors (Lipinski definition) is 1. The molecule has 0 atom stereocenters. The summed E-state index contributed by atoms with van der Waals surface area (Å²) in [5.74, 6) is -0.145. The molecule has 1 N–H and O–H groups in total. The molecule has 0 heterocycles. The lowest BCUT2D eigenvalue weighted by Gasteiger charge is -2.19. The van der Waals surface area contributed by atoms with Crippen molar-refractivity contribution in [3.05, 3.63) is 27.3 Å². The standard InChI is InChI=1S/C13H16INO2/c1-8(16)10-7-9(14)5-6-11(10)15-12(17)13(2,3)4/h5-7H,1-4H3,(H,15,17). The van der Waals surface area contributed by atoms with Gasteiger partial charge in [-0.05, 0) is 47.7 Å². The van der Waals surface area contributed by atoms with E-state index in [4.69, 9.17) is 0 Å². The molecule has 92 valence electrons. The van der Waals surface area contributed by atoms with Crippen LogP contribution >= 0.6 is 22.6 Å². The van der Waals surface area contributed by atoms with Gasteiger partial charge in [-0.15, -0.1) is 0 Å². The second-order valence-electron chi connectivity index (χ2n) is 4.95. The molecule has 1 aromatic carbocycles. The van der Waals surface area contributed by atoms with Crippen LogP contribution in [0.4, 0.5) is 5.69 Å². The topological polar surface area (TPSA) is 46.2 Å². The molecule has 1 amide bonds. The summed E-state index contributed by atoms with van der Waals surface area (Å²) in [6, 6.07) is 5.41. The van der Waals surface area contributed by atoms with Crippen molar-refractivity contribution >= 4 is 40.0 Å². The third-order valence-electron chi connectivity index (χ3n) is 2.29. The Morgan fingerprint density at radius 2 is 1.82 bits per heavy atom. The molecule has 0 aromatic heterocycles. The van der Waals surface area contributed by atoms with E-state index in [9.17, 15) is 9.59 Å². The Balaban J connectivity index is 3.07. The normalized spacial score (nSPS) is 11.1. The van der Waals surface area contributed by atoms with Crippen molar-refractivity contribution in [1.82, 2.24) is 0 Å². The second kappa shape index (κ2) is 5.16. The van der Waals surface area contributed by atoms with Crippen LogP contribution in [0.25, 0.3) is 0 Å². The van der Waals surface area contributed by atoms with Crippen LogP contribution in [0.2, 0.25) is 0 Å². The molecule has 0 unspecified atom stereocenters. The molecular weight excluding hydrogens is 329 g/mol. The number of carbonyl (C=O) groups is 2. The van der Waals surface area contributed by atoms with Crippen molar-refractivity contribution in [3.63, 3.8) is 0 Å². The van der Waals surface area contributed by atoms with E-state index in [0.29, 0.717) is 11.3 Å². The molecule has 0 aliphatic carbocycles. The van der Waals surface area contributed by atoms with E-state index in [2.05, 4.69) is 27.9 Å². The smallest absolute Gasteiger partial charge is 0.229 e. The van der Waals surface area contributed by atoms with Gasteiger partial charge >= 0.3 is 0 Å². The highest BCUT2D eigenvalue weighted by Gasteiger charge is 2.22. The summed E-state index contributed by atoms with van der Waals surface area (Å²) in [4.78, 5) is 23.4. The van der Waals surface area contributed by atoms with E-state index in [-0.39, 0.29) is 11.7 Å². The van der Waals surface area contributed by atoms with Gasteiger partial charge in [0.15, 0.2) is 5.78 Å². The molecule has 0 fully saturated rings. The molecule has 1 aromatic rings. The summed E-state index contributed by atoms with van der Waals surface area (Å²) >= 11 is 2.14. The minimum absolute atomic E-state index is 0.0484. The fourth-order valence-electron chi connectivity index (χ4n) is 1.23. The molecule has 0 aliphatic heterocycles. The number of anilines is 1. The Morgan fingerprint density at radius 1 is 1.24 bits per heavy atom. The van der Waals surface area contributed by atoms with Gasteiger partial charge < -0.3 is 5.32 Å². The van der Waals surface area contributed by atoms with Gasteiger partial charge in [0.1, 0.15) is 0 Å². The van der Waals surface area contributed by atoms with E-state index >= 15 is 0 Å². The first kappa shape index (κ1) is 14.2. The van der Waals surface area contributed by atoms with E-state index in [0.717, 1.165) is 3.57 Å². The number of hydrogen-bond acceptors (Lipinski definition) is 2. The molecule has 0 spiro atoms. The molecule has 0 bridgehead atoms. The van der Waals surface area contributed by atoms with Gasteiger partial charge in [-0.2, -0.15) is 0 Å². The van der Waals surface area contributed by atoms with Crippen LogP contribution in [-0.4, -0.2) is 11.7 Å². The summed E-state index contributed by atoms with van der Waals surface area (Å²) < 4.78 is 0.974. The number of Topliss-reactive ketones (excluding diaryl/α,β-unsaturated/α-hetero) is 1. The molecule has 4 heteroatoms. The highest BCUT2D eigenvalue weighted by atomic mass is 127. The maximum Gasteiger partial charge on any atom is 0.229 e. The lowest BCUT2D eigenvalue weighted by Crippen LogP contribution is -2.28. The number of nitrogens with one attached hydrogen (secondary N) is 1. The largest absolute Gasteiger partial charge is 0.325 e. The molecule has 0 saturated heterocycles. The molecule has 0 saturated carbocycles.